The molecule has 0 aliphatic carbocycles. The number of likely N-dealkylation sites (tertiary alicyclic amines) is 1. The third kappa shape index (κ3) is 4.46. The molecule has 1 aromatic heterocycles. The average Bonchev–Trinajstić information content (AvgIpc) is 3.04. The second kappa shape index (κ2) is 6.47. The standard InChI is InChI=1S/C15H26N4O2/c1-11(13-16-7-8-17-13)18-10-12-6-5-9-19(12)14(20)21-15(2,3)4/h7-8,11-12,18H,5-6,9-10H2,1-4H3,(H,16,17). The van der Waals surface area contributed by atoms with Crippen LogP contribution in [0.1, 0.15) is 52.4 Å². The summed E-state index contributed by atoms with van der Waals surface area (Å²) < 4.78 is 5.47. The molecule has 6 heteroatoms. The van der Waals surface area contributed by atoms with Crippen LogP contribution in [0.2, 0.25) is 0 Å². The lowest BCUT2D eigenvalue weighted by Crippen LogP contribution is -2.44. The number of rotatable bonds is 4. The van der Waals surface area contributed by atoms with Gasteiger partial charge < -0.3 is 19.9 Å². The Bertz CT molecular complexity index is 453. The minimum Gasteiger partial charge on any atom is -0.444 e. The van der Waals surface area contributed by atoms with Crippen molar-refractivity contribution in [1.82, 2.24) is 20.2 Å². The first-order valence-electron chi connectivity index (χ1n) is 7.59. The average molecular weight is 294 g/mol. The lowest BCUT2D eigenvalue weighted by Gasteiger charge is -2.29. The van der Waals surface area contributed by atoms with Gasteiger partial charge in [0, 0.05) is 31.5 Å². The molecular weight excluding hydrogens is 268 g/mol. The zero-order valence-electron chi connectivity index (χ0n) is 13.3. The highest BCUT2D eigenvalue weighted by Crippen LogP contribution is 2.21. The summed E-state index contributed by atoms with van der Waals surface area (Å²) in [5, 5.41) is 3.43. The predicted molar refractivity (Wildman–Crippen MR) is 81.0 cm³/mol. The molecule has 2 N–H and O–H groups in total. The fourth-order valence-electron chi connectivity index (χ4n) is 2.53. The number of aromatic amines is 1. The van der Waals surface area contributed by atoms with Crippen LogP contribution in [-0.4, -0.2) is 45.7 Å². The van der Waals surface area contributed by atoms with Crippen LogP contribution in [0.25, 0.3) is 0 Å². The molecule has 1 aliphatic rings. The third-order valence-electron chi connectivity index (χ3n) is 3.59. The molecule has 1 saturated heterocycles. The van der Waals surface area contributed by atoms with Crippen molar-refractivity contribution in [2.24, 2.45) is 0 Å². The van der Waals surface area contributed by atoms with Gasteiger partial charge in [0.15, 0.2) is 0 Å². The number of imidazole rings is 1. The van der Waals surface area contributed by atoms with E-state index >= 15 is 0 Å². The molecule has 118 valence electrons. The Morgan fingerprint density at radius 3 is 3.00 bits per heavy atom. The zero-order valence-corrected chi connectivity index (χ0v) is 13.3. The highest BCUT2D eigenvalue weighted by Gasteiger charge is 2.32. The zero-order chi connectivity index (χ0) is 15.5. The topological polar surface area (TPSA) is 70.2 Å². The maximum absolute atomic E-state index is 12.2. The van der Waals surface area contributed by atoms with Gasteiger partial charge in [-0.3, -0.25) is 0 Å². The van der Waals surface area contributed by atoms with Gasteiger partial charge in [0.25, 0.3) is 0 Å². The molecule has 1 aliphatic heterocycles. The Morgan fingerprint density at radius 2 is 2.38 bits per heavy atom. The number of carbonyl (C=O) groups excluding carboxylic acids is 1. The van der Waals surface area contributed by atoms with E-state index in [0.29, 0.717) is 0 Å². The van der Waals surface area contributed by atoms with Crippen molar-refractivity contribution in [3.05, 3.63) is 18.2 Å². The van der Waals surface area contributed by atoms with Crippen LogP contribution < -0.4 is 5.32 Å². The van der Waals surface area contributed by atoms with Crippen LogP contribution in [-0.2, 0) is 4.74 Å². The van der Waals surface area contributed by atoms with E-state index in [1.54, 1.807) is 6.20 Å². The molecular formula is C15H26N4O2. The lowest BCUT2D eigenvalue weighted by molar-refractivity contribution is 0.0225. The van der Waals surface area contributed by atoms with E-state index in [9.17, 15) is 4.79 Å². The number of nitrogens with zero attached hydrogens (tertiary/aromatic N) is 2. The van der Waals surface area contributed by atoms with Gasteiger partial charge in [-0.25, -0.2) is 9.78 Å². The van der Waals surface area contributed by atoms with Gasteiger partial charge in [0.1, 0.15) is 11.4 Å². The number of amides is 1. The molecule has 1 aromatic rings. The van der Waals surface area contributed by atoms with E-state index in [0.717, 1.165) is 31.8 Å². The van der Waals surface area contributed by atoms with Crippen LogP contribution in [0.4, 0.5) is 4.79 Å². The molecule has 0 saturated carbocycles. The molecule has 6 nitrogen and oxygen atoms in total. The van der Waals surface area contributed by atoms with E-state index in [4.69, 9.17) is 4.74 Å². The number of nitrogens with one attached hydrogen (secondary N) is 2. The first kappa shape index (κ1) is 15.8. The molecule has 1 fully saturated rings. The molecule has 0 spiro atoms. The van der Waals surface area contributed by atoms with Gasteiger partial charge in [0.05, 0.1) is 6.04 Å². The predicted octanol–water partition coefficient (Wildman–Crippen LogP) is 2.46. The normalized spacial score (nSPS) is 20.6. The Balaban J connectivity index is 1.86. The van der Waals surface area contributed by atoms with Gasteiger partial charge in [-0.1, -0.05) is 0 Å². The van der Waals surface area contributed by atoms with Crippen molar-refractivity contribution >= 4 is 6.09 Å². The Morgan fingerprint density at radius 1 is 1.62 bits per heavy atom. The van der Waals surface area contributed by atoms with E-state index in [-0.39, 0.29) is 18.2 Å². The van der Waals surface area contributed by atoms with Gasteiger partial charge in [-0.2, -0.15) is 0 Å². The smallest absolute Gasteiger partial charge is 0.410 e. The van der Waals surface area contributed by atoms with Crippen molar-refractivity contribution in [3.8, 4) is 0 Å². The largest absolute Gasteiger partial charge is 0.444 e. The third-order valence-corrected chi connectivity index (χ3v) is 3.59. The summed E-state index contributed by atoms with van der Waals surface area (Å²) in [5.41, 5.74) is -0.445. The summed E-state index contributed by atoms with van der Waals surface area (Å²) >= 11 is 0. The summed E-state index contributed by atoms with van der Waals surface area (Å²) in [6.45, 7) is 9.27. The molecule has 21 heavy (non-hydrogen) atoms. The molecule has 2 atom stereocenters. The Labute approximate surface area is 126 Å². The number of carbonyl (C=O) groups is 1. The molecule has 0 radical (unpaired) electrons. The van der Waals surface area contributed by atoms with Crippen LogP contribution in [0.5, 0.6) is 0 Å². The summed E-state index contributed by atoms with van der Waals surface area (Å²) in [6.07, 6.45) is 5.39. The molecule has 0 aromatic carbocycles. The Hall–Kier alpha value is -1.56. The summed E-state index contributed by atoms with van der Waals surface area (Å²) in [6, 6.07) is 0.332. The van der Waals surface area contributed by atoms with Crippen molar-refractivity contribution < 1.29 is 9.53 Å². The quantitative estimate of drug-likeness (QED) is 0.895. The minimum atomic E-state index is -0.445. The highest BCUT2D eigenvalue weighted by molar-refractivity contribution is 5.69. The molecule has 2 rings (SSSR count). The number of H-pyrrole nitrogens is 1. The first-order valence-corrected chi connectivity index (χ1v) is 7.59. The number of hydrogen-bond acceptors (Lipinski definition) is 4. The van der Waals surface area contributed by atoms with Crippen LogP contribution >= 0.6 is 0 Å². The summed E-state index contributed by atoms with van der Waals surface area (Å²) in [4.78, 5) is 21.4. The van der Waals surface area contributed by atoms with Gasteiger partial charge >= 0.3 is 6.09 Å². The molecule has 1 amide bonds. The SMILES string of the molecule is CC(NCC1CCCN1C(=O)OC(C)(C)C)c1ncc[nH]1. The van der Waals surface area contributed by atoms with Crippen molar-refractivity contribution in [3.63, 3.8) is 0 Å². The maximum Gasteiger partial charge on any atom is 0.410 e. The van der Waals surface area contributed by atoms with E-state index in [1.165, 1.54) is 0 Å². The lowest BCUT2D eigenvalue weighted by atomic mass is 10.2. The van der Waals surface area contributed by atoms with E-state index in [1.807, 2.05) is 31.9 Å². The fourth-order valence-corrected chi connectivity index (χ4v) is 2.53. The molecule has 2 heterocycles. The first-order chi connectivity index (χ1) is 9.87. The monoisotopic (exact) mass is 294 g/mol. The number of aromatic nitrogens is 2. The molecule has 2 unspecified atom stereocenters. The molecule has 0 bridgehead atoms. The fraction of sp³-hybridized carbons (Fsp3) is 0.733. The Kier molecular flexibility index (Phi) is 4.88. The maximum atomic E-state index is 12.2. The van der Waals surface area contributed by atoms with Gasteiger partial charge in [-0.15, -0.1) is 0 Å². The van der Waals surface area contributed by atoms with Crippen LogP contribution in [0, 0.1) is 0 Å². The highest BCUT2D eigenvalue weighted by atomic mass is 16.6. The van der Waals surface area contributed by atoms with Crippen molar-refractivity contribution in [1.29, 1.82) is 0 Å². The summed E-state index contributed by atoms with van der Waals surface area (Å²) in [5.74, 6) is 0.914. The van der Waals surface area contributed by atoms with Crippen LogP contribution in [0.15, 0.2) is 12.4 Å². The minimum absolute atomic E-state index is 0.140. The van der Waals surface area contributed by atoms with Crippen molar-refractivity contribution in [2.45, 2.75) is 58.2 Å². The van der Waals surface area contributed by atoms with Crippen LogP contribution in [0.3, 0.4) is 0 Å². The van der Waals surface area contributed by atoms with E-state index in [2.05, 4.69) is 22.2 Å². The van der Waals surface area contributed by atoms with Crippen molar-refractivity contribution in [2.75, 3.05) is 13.1 Å². The second-order valence-corrected chi connectivity index (χ2v) is 6.57. The number of hydrogen-bond donors (Lipinski definition) is 2. The summed E-state index contributed by atoms with van der Waals surface area (Å²) in [7, 11) is 0. The van der Waals surface area contributed by atoms with Gasteiger partial charge in [0.2, 0.25) is 0 Å². The van der Waals surface area contributed by atoms with Gasteiger partial charge in [-0.05, 0) is 40.5 Å². The number of ether oxygens (including phenoxy) is 1. The van der Waals surface area contributed by atoms with E-state index < -0.39 is 5.60 Å². The second-order valence-electron chi connectivity index (χ2n) is 6.57.